The van der Waals surface area contributed by atoms with E-state index in [9.17, 15) is 18.7 Å². The van der Waals surface area contributed by atoms with Crippen LogP contribution in [0.25, 0.3) is 11.3 Å². The van der Waals surface area contributed by atoms with Crippen molar-refractivity contribution in [2.24, 2.45) is 0 Å². The average molecular weight is 311 g/mol. The van der Waals surface area contributed by atoms with Crippen molar-refractivity contribution in [3.8, 4) is 11.3 Å². The fourth-order valence-electron chi connectivity index (χ4n) is 2.03. The number of aromatic nitrogens is 2. The summed E-state index contributed by atoms with van der Waals surface area (Å²) in [4.78, 5) is 17.5. The predicted octanol–water partition coefficient (Wildman–Crippen LogP) is 2.43. The Labute approximate surface area is 124 Å². The van der Waals surface area contributed by atoms with Crippen LogP contribution in [0.3, 0.4) is 0 Å². The van der Waals surface area contributed by atoms with Crippen molar-refractivity contribution in [1.29, 1.82) is 0 Å². The molecule has 4 N–H and O–H groups in total. The second kappa shape index (κ2) is 5.72. The van der Waals surface area contributed by atoms with E-state index in [1.165, 1.54) is 20.0 Å². The van der Waals surface area contributed by atoms with Crippen LogP contribution in [-0.4, -0.2) is 31.9 Å². The lowest BCUT2D eigenvalue weighted by molar-refractivity contribution is 0.0344. The summed E-state index contributed by atoms with van der Waals surface area (Å²) >= 11 is 0. The molecule has 0 bridgehead atoms. The minimum Gasteiger partial charge on any atom is -0.465 e. The molecule has 0 aliphatic rings. The van der Waals surface area contributed by atoms with E-state index in [1.807, 2.05) is 0 Å². The van der Waals surface area contributed by atoms with Crippen LogP contribution in [0.4, 0.5) is 13.6 Å². The first-order valence-corrected chi connectivity index (χ1v) is 6.40. The van der Waals surface area contributed by atoms with Crippen molar-refractivity contribution in [2.45, 2.75) is 25.5 Å². The summed E-state index contributed by atoms with van der Waals surface area (Å²) in [7, 11) is 0. The molecule has 1 heterocycles. The molecule has 118 valence electrons. The number of carbonyl (C=O) groups is 1. The Morgan fingerprint density at radius 1 is 1.41 bits per heavy atom. The van der Waals surface area contributed by atoms with Gasteiger partial charge in [-0.3, -0.25) is 0 Å². The van der Waals surface area contributed by atoms with Gasteiger partial charge in [-0.1, -0.05) is 0 Å². The number of amides is 1. The topological polar surface area (TPSA) is 98.2 Å². The summed E-state index contributed by atoms with van der Waals surface area (Å²) in [6.45, 7) is 2.80. The third-order valence-corrected chi connectivity index (χ3v) is 3.06. The number of halogens is 2. The minimum atomic E-state index is -1.45. The molecule has 0 saturated heterocycles. The van der Waals surface area contributed by atoms with Crippen molar-refractivity contribution in [2.75, 3.05) is 0 Å². The molecule has 0 radical (unpaired) electrons. The minimum absolute atomic E-state index is 0.0384. The Kier molecular flexibility index (Phi) is 4.14. The van der Waals surface area contributed by atoms with E-state index in [0.29, 0.717) is 0 Å². The maximum absolute atomic E-state index is 13.7. The van der Waals surface area contributed by atoms with E-state index in [4.69, 9.17) is 5.11 Å². The van der Waals surface area contributed by atoms with Gasteiger partial charge in [0.1, 0.15) is 23.5 Å². The van der Waals surface area contributed by atoms with Crippen LogP contribution >= 0.6 is 0 Å². The standard InChI is InChI=1S/C14H15F2N3O3/c1-14(2,22)11(19-13(20)21)12-17-6-10(18-12)8-5-7(15)3-4-9(8)16/h3-6,11,19,22H,1-2H3,(H,17,18)(H,20,21)/t11-/m0/s1. The van der Waals surface area contributed by atoms with Crippen molar-refractivity contribution >= 4 is 6.09 Å². The Bertz CT molecular complexity index is 695. The highest BCUT2D eigenvalue weighted by Crippen LogP contribution is 2.27. The zero-order chi connectivity index (χ0) is 16.5. The summed E-state index contributed by atoms with van der Waals surface area (Å²) in [5.74, 6) is -1.17. The molecule has 0 spiro atoms. The molecule has 0 unspecified atom stereocenters. The van der Waals surface area contributed by atoms with Crippen molar-refractivity contribution in [3.05, 3.63) is 41.9 Å². The van der Waals surface area contributed by atoms with Crippen LogP contribution in [0.2, 0.25) is 0 Å². The maximum atomic E-state index is 13.7. The van der Waals surface area contributed by atoms with E-state index < -0.39 is 29.4 Å². The highest BCUT2D eigenvalue weighted by atomic mass is 19.1. The molecule has 0 aliphatic carbocycles. The average Bonchev–Trinajstić information content (AvgIpc) is 2.86. The number of H-pyrrole nitrogens is 1. The Morgan fingerprint density at radius 2 is 2.09 bits per heavy atom. The predicted molar refractivity (Wildman–Crippen MR) is 74.1 cm³/mol. The van der Waals surface area contributed by atoms with Crippen LogP contribution in [0.5, 0.6) is 0 Å². The molecular formula is C14H15F2N3O3. The molecular weight excluding hydrogens is 296 g/mol. The Morgan fingerprint density at radius 3 is 2.68 bits per heavy atom. The molecule has 2 rings (SSSR count). The molecule has 1 atom stereocenters. The lowest BCUT2D eigenvalue weighted by Gasteiger charge is -2.27. The molecule has 0 saturated carbocycles. The lowest BCUT2D eigenvalue weighted by Crippen LogP contribution is -2.42. The van der Waals surface area contributed by atoms with Crippen molar-refractivity contribution in [3.63, 3.8) is 0 Å². The van der Waals surface area contributed by atoms with Crippen LogP contribution in [0.15, 0.2) is 24.4 Å². The van der Waals surface area contributed by atoms with Crippen LogP contribution in [0.1, 0.15) is 25.7 Å². The molecule has 1 aromatic carbocycles. The van der Waals surface area contributed by atoms with E-state index in [0.717, 1.165) is 18.2 Å². The van der Waals surface area contributed by atoms with Crippen molar-refractivity contribution in [1.82, 2.24) is 15.3 Å². The quantitative estimate of drug-likeness (QED) is 0.697. The zero-order valence-corrected chi connectivity index (χ0v) is 11.9. The molecule has 0 fully saturated rings. The second-order valence-electron chi connectivity index (χ2n) is 5.34. The monoisotopic (exact) mass is 311 g/mol. The van der Waals surface area contributed by atoms with E-state index in [2.05, 4.69) is 15.3 Å². The first-order chi connectivity index (χ1) is 10.2. The number of rotatable bonds is 4. The first kappa shape index (κ1) is 15.9. The zero-order valence-electron chi connectivity index (χ0n) is 11.9. The molecule has 1 amide bonds. The number of hydrogen-bond donors (Lipinski definition) is 4. The fourth-order valence-corrected chi connectivity index (χ4v) is 2.03. The number of nitrogens with one attached hydrogen (secondary N) is 2. The van der Waals surface area contributed by atoms with E-state index in [1.54, 1.807) is 0 Å². The molecule has 22 heavy (non-hydrogen) atoms. The van der Waals surface area contributed by atoms with Gasteiger partial charge in [0, 0.05) is 5.56 Å². The fraction of sp³-hybridized carbons (Fsp3) is 0.286. The van der Waals surface area contributed by atoms with Gasteiger partial charge in [0.2, 0.25) is 0 Å². The SMILES string of the molecule is CC(C)(O)[C@@H](NC(=O)O)c1ncc(-c2cc(F)ccc2F)[nH]1. The van der Waals surface area contributed by atoms with Gasteiger partial charge in [0.25, 0.3) is 0 Å². The highest BCUT2D eigenvalue weighted by Gasteiger charge is 2.32. The van der Waals surface area contributed by atoms with Crippen LogP contribution in [-0.2, 0) is 0 Å². The normalized spacial score (nSPS) is 13.0. The third-order valence-electron chi connectivity index (χ3n) is 3.06. The van der Waals surface area contributed by atoms with Gasteiger partial charge in [-0.15, -0.1) is 0 Å². The second-order valence-corrected chi connectivity index (χ2v) is 5.34. The number of hydrogen-bond acceptors (Lipinski definition) is 3. The van der Waals surface area contributed by atoms with Gasteiger partial charge in [-0.25, -0.2) is 18.6 Å². The molecule has 6 nitrogen and oxygen atoms in total. The van der Waals surface area contributed by atoms with Gasteiger partial charge in [0.05, 0.1) is 17.5 Å². The maximum Gasteiger partial charge on any atom is 0.405 e. The molecule has 2 aromatic rings. The summed E-state index contributed by atoms with van der Waals surface area (Å²) in [6.07, 6.45) is -0.0999. The smallest absolute Gasteiger partial charge is 0.405 e. The molecule has 8 heteroatoms. The van der Waals surface area contributed by atoms with Gasteiger partial charge in [0.15, 0.2) is 0 Å². The van der Waals surface area contributed by atoms with Gasteiger partial charge in [-0.05, 0) is 32.0 Å². The summed E-state index contributed by atoms with van der Waals surface area (Å²) in [5.41, 5.74) is -1.31. The van der Waals surface area contributed by atoms with E-state index >= 15 is 0 Å². The molecule has 0 aliphatic heterocycles. The van der Waals surface area contributed by atoms with Crippen LogP contribution in [0, 0.1) is 11.6 Å². The van der Waals surface area contributed by atoms with Gasteiger partial charge < -0.3 is 20.5 Å². The number of carboxylic acid groups (broad SMARTS) is 1. The Hall–Kier alpha value is -2.48. The number of nitrogens with zero attached hydrogens (tertiary/aromatic N) is 1. The lowest BCUT2D eigenvalue weighted by atomic mass is 9.98. The number of benzene rings is 1. The highest BCUT2D eigenvalue weighted by molar-refractivity contribution is 5.65. The third kappa shape index (κ3) is 3.40. The molecule has 1 aromatic heterocycles. The largest absolute Gasteiger partial charge is 0.465 e. The van der Waals surface area contributed by atoms with Crippen molar-refractivity contribution < 1.29 is 23.8 Å². The first-order valence-electron chi connectivity index (χ1n) is 6.40. The summed E-state index contributed by atoms with van der Waals surface area (Å²) in [6, 6.07) is 1.90. The van der Waals surface area contributed by atoms with Gasteiger partial charge in [-0.2, -0.15) is 0 Å². The summed E-state index contributed by atoms with van der Waals surface area (Å²) < 4.78 is 27.0. The van der Waals surface area contributed by atoms with E-state index in [-0.39, 0.29) is 17.1 Å². The number of aromatic amines is 1. The summed E-state index contributed by atoms with van der Waals surface area (Å²) in [5, 5.41) is 21.0. The number of aliphatic hydroxyl groups is 1. The van der Waals surface area contributed by atoms with Gasteiger partial charge >= 0.3 is 6.09 Å². The number of imidazole rings is 1. The van der Waals surface area contributed by atoms with Crippen LogP contribution < -0.4 is 5.32 Å². The Balaban J connectivity index is 2.41.